The van der Waals surface area contributed by atoms with Gasteiger partial charge in [0.05, 0.1) is 27.5 Å². The normalized spacial score (nSPS) is 26.5. The lowest BCUT2D eigenvalue weighted by molar-refractivity contribution is -0.149. The minimum atomic E-state index is -4.77. The van der Waals surface area contributed by atoms with Crippen molar-refractivity contribution in [2.24, 2.45) is 11.3 Å². The summed E-state index contributed by atoms with van der Waals surface area (Å²) >= 11 is 0. The maximum Gasteiger partial charge on any atom is 0.417 e. The van der Waals surface area contributed by atoms with Crippen LogP contribution in [0.15, 0.2) is 23.1 Å². The zero-order chi connectivity index (χ0) is 19.3. The lowest BCUT2D eigenvalue weighted by Gasteiger charge is -2.23. The Morgan fingerprint density at radius 1 is 1.38 bits per heavy atom. The van der Waals surface area contributed by atoms with Gasteiger partial charge < -0.3 is 5.11 Å². The predicted octanol–water partition coefficient (Wildman–Crippen LogP) is 2.45. The van der Waals surface area contributed by atoms with Gasteiger partial charge in [-0.2, -0.15) is 22.7 Å². The van der Waals surface area contributed by atoms with E-state index in [0.29, 0.717) is 31.4 Å². The summed E-state index contributed by atoms with van der Waals surface area (Å²) in [6.07, 6.45) is -3.11. The van der Waals surface area contributed by atoms with E-state index in [1.165, 1.54) is 6.07 Å². The second-order valence-corrected chi connectivity index (χ2v) is 8.60. The number of carboxylic acid groups (broad SMARTS) is 1. The van der Waals surface area contributed by atoms with Gasteiger partial charge >= 0.3 is 12.1 Å². The molecule has 0 amide bonds. The highest BCUT2D eigenvalue weighted by Gasteiger charge is 2.57. The van der Waals surface area contributed by atoms with Gasteiger partial charge in [0.1, 0.15) is 0 Å². The molecule has 1 heterocycles. The van der Waals surface area contributed by atoms with Crippen molar-refractivity contribution in [2.75, 3.05) is 13.1 Å². The van der Waals surface area contributed by atoms with Gasteiger partial charge in [0.15, 0.2) is 0 Å². The zero-order valence-electron chi connectivity index (χ0n) is 13.5. The molecule has 2 fully saturated rings. The molecule has 0 radical (unpaired) electrons. The van der Waals surface area contributed by atoms with Gasteiger partial charge in [-0.1, -0.05) is 6.42 Å². The molecule has 140 valence electrons. The van der Waals surface area contributed by atoms with Crippen LogP contribution in [0.25, 0.3) is 0 Å². The average molecular weight is 388 g/mol. The Bertz CT molecular complexity index is 907. The number of nitrogens with zero attached hydrogens (tertiary/aromatic N) is 2. The molecular weight excluding hydrogens is 373 g/mol. The lowest BCUT2D eigenvalue weighted by atomic mass is 9.81. The predicted molar refractivity (Wildman–Crippen MR) is 82.3 cm³/mol. The van der Waals surface area contributed by atoms with E-state index in [9.17, 15) is 31.5 Å². The Hall–Kier alpha value is -2.12. The number of benzene rings is 1. The van der Waals surface area contributed by atoms with Crippen molar-refractivity contribution in [2.45, 2.75) is 30.3 Å². The Kier molecular flexibility index (Phi) is 4.28. The number of nitriles is 1. The highest BCUT2D eigenvalue weighted by molar-refractivity contribution is 7.89. The molecule has 2 atom stereocenters. The van der Waals surface area contributed by atoms with Gasteiger partial charge in [-0.15, -0.1) is 0 Å². The summed E-state index contributed by atoms with van der Waals surface area (Å²) in [5.74, 6) is -1.37. The third kappa shape index (κ3) is 2.75. The maximum atomic E-state index is 12.9. The summed E-state index contributed by atoms with van der Waals surface area (Å²) < 4.78 is 65.3. The van der Waals surface area contributed by atoms with Crippen molar-refractivity contribution < 1.29 is 31.5 Å². The maximum absolute atomic E-state index is 12.9. The summed E-state index contributed by atoms with van der Waals surface area (Å²) in [5.41, 5.74) is -3.14. The summed E-state index contributed by atoms with van der Waals surface area (Å²) in [6, 6.07) is 3.44. The van der Waals surface area contributed by atoms with E-state index in [-0.39, 0.29) is 19.0 Å². The minimum absolute atomic E-state index is 0.0115. The lowest BCUT2D eigenvalue weighted by Crippen LogP contribution is -2.37. The van der Waals surface area contributed by atoms with Gasteiger partial charge in [-0.05, 0) is 37.0 Å². The largest absolute Gasteiger partial charge is 0.481 e. The molecule has 1 N–H and O–H groups in total. The van der Waals surface area contributed by atoms with Crippen LogP contribution in [-0.2, 0) is 21.0 Å². The van der Waals surface area contributed by atoms with Gasteiger partial charge in [0.2, 0.25) is 10.0 Å². The molecular formula is C16H15F3N2O4S. The molecule has 2 aliphatic rings. The van der Waals surface area contributed by atoms with E-state index < -0.39 is 43.6 Å². The van der Waals surface area contributed by atoms with Gasteiger partial charge in [0, 0.05) is 13.1 Å². The van der Waals surface area contributed by atoms with Crippen LogP contribution in [0.4, 0.5) is 13.2 Å². The molecule has 1 aliphatic carbocycles. The fourth-order valence-corrected chi connectivity index (χ4v) is 5.53. The van der Waals surface area contributed by atoms with Crippen LogP contribution < -0.4 is 0 Å². The number of rotatable bonds is 3. The van der Waals surface area contributed by atoms with Crippen molar-refractivity contribution in [3.63, 3.8) is 0 Å². The van der Waals surface area contributed by atoms with E-state index in [1.807, 2.05) is 0 Å². The molecule has 1 saturated carbocycles. The van der Waals surface area contributed by atoms with E-state index in [4.69, 9.17) is 5.26 Å². The third-order valence-electron chi connectivity index (χ3n) is 5.32. The molecule has 3 rings (SSSR count). The SMILES string of the molecule is N#Cc1cc(S(=O)(=O)N2C[C@@H]3CCC[C@@]3(C(=O)O)C2)ccc1C(F)(F)F. The quantitative estimate of drug-likeness (QED) is 0.858. The number of halogens is 3. The smallest absolute Gasteiger partial charge is 0.417 e. The standard InChI is InChI=1S/C16H15F3N2O4S/c17-16(18,19)13-4-3-12(6-10(13)7-20)26(24,25)21-8-11-2-1-5-15(11,9-21)14(22)23/h3-4,6,11H,1-2,5,8-9H2,(H,22,23)/t11-,15+/m0/s1. The fourth-order valence-electron chi connectivity index (χ4n) is 3.95. The van der Waals surface area contributed by atoms with E-state index in [0.717, 1.165) is 10.4 Å². The third-order valence-corrected chi connectivity index (χ3v) is 7.13. The van der Waals surface area contributed by atoms with Crippen LogP contribution in [0.1, 0.15) is 30.4 Å². The second kappa shape index (κ2) is 5.96. The molecule has 1 aromatic carbocycles. The van der Waals surface area contributed by atoms with Crippen LogP contribution in [0.5, 0.6) is 0 Å². The number of hydrogen-bond donors (Lipinski definition) is 1. The van der Waals surface area contributed by atoms with Gasteiger partial charge in [0.25, 0.3) is 0 Å². The van der Waals surface area contributed by atoms with Crippen molar-refractivity contribution in [3.8, 4) is 6.07 Å². The molecule has 0 aromatic heterocycles. The Morgan fingerprint density at radius 2 is 2.08 bits per heavy atom. The van der Waals surface area contributed by atoms with Crippen LogP contribution in [0.2, 0.25) is 0 Å². The molecule has 6 nitrogen and oxygen atoms in total. The summed E-state index contributed by atoms with van der Waals surface area (Å²) in [4.78, 5) is 11.2. The summed E-state index contributed by atoms with van der Waals surface area (Å²) in [6.45, 7) is -0.199. The van der Waals surface area contributed by atoms with Crippen molar-refractivity contribution >= 4 is 16.0 Å². The first-order valence-electron chi connectivity index (χ1n) is 7.87. The second-order valence-electron chi connectivity index (χ2n) is 6.66. The number of alkyl halides is 3. The molecule has 0 unspecified atom stereocenters. The highest BCUT2D eigenvalue weighted by Crippen LogP contribution is 2.50. The average Bonchev–Trinajstić information content (AvgIpc) is 3.11. The van der Waals surface area contributed by atoms with E-state index in [2.05, 4.69) is 0 Å². The van der Waals surface area contributed by atoms with Crippen LogP contribution >= 0.6 is 0 Å². The molecule has 1 aliphatic heterocycles. The number of carbonyl (C=O) groups is 1. The molecule has 1 saturated heterocycles. The van der Waals surface area contributed by atoms with Gasteiger partial charge in [-0.3, -0.25) is 4.79 Å². The van der Waals surface area contributed by atoms with Crippen molar-refractivity contribution in [1.82, 2.24) is 4.31 Å². The van der Waals surface area contributed by atoms with E-state index >= 15 is 0 Å². The van der Waals surface area contributed by atoms with Crippen molar-refractivity contribution in [3.05, 3.63) is 29.3 Å². The molecule has 1 aromatic rings. The van der Waals surface area contributed by atoms with Crippen molar-refractivity contribution in [1.29, 1.82) is 5.26 Å². The number of hydrogen-bond acceptors (Lipinski definition) is 4. The zero-order valence-corrected chi connectivity index (χ0v) is 14.3. The summed E-state index contributed by atoms with van der Waals surface area (Å²) in [7, 11) is -4.20. The highest BCUT2D eigenvalue weighted by atomic mass is 32.2. The Labute approximate surface area is 147 Å². The molecule has 0 spiro atoms. The number of sulfonamides is 1. The summed E-state index contributed by atoms with van der Waals surface area (Å²) in [5, 5.41) is 18.5. The molecule has 26 heavy (non-hydrogen) atoms. The monoisotopic (exact) mass is 388 g/mol. The molecule has 0 bridgehead atoms. The fraction of sp³-hybridized carbons (Fsp3) is 0.500. The first-order valence-corrected chi connectivity index (χ1v) is 9.31. The first-order chi connectivity index (χ1) is 12.0. The van der Waals surface area contributed by atoms with Crippen LogP contribution in [-0.4, -0.2) is 36.9 Å². The topological polar surface area (TPSA) is 98.5 Å². The van der Waals surface area contributed by atoms with Crippen LogP contribution in [0, 0.1) is 22.7 Å². The number of aliphatic carboxylic acids is 1. The Morgan fingerprint density at radius 3 is 2.62 bits per heavy atom. The van der Waals surface area contributed by atoms with Crippen LogP contribution in [0.3, 0.4) is 0 Å². The number of fused-ring (bicyclic) bond motifs is 1. The van der Waals surface area contributed by atoms with Gasteiger partial charge in [-0.25, -0.2) is 8.42 Å². The first kappa shape index (κ1) is 18.7. The number of carboxylic acids is 1. The van der Waals surface area contributed by atoms with E-state index in [1.54, 1.807) is 0 Å². The molecule has 10 heteroatoms. The minimum Gasteiger partial charge on any atom is -0.481 e. The Balaban J connectivity index is 1.98.